The summed E-state index contributed by atoms with van der Waals surface area (Å²) < 4.78 is 0. The molecule has 1 fully saturated rings. The predicted octanol–water partition coefficient (Wildman–Crippen LogP) is 1.09. The first-order valence-corrected chi connectivity index (χ1v) is 11.8. The molecule has 1 aromatic carbocycles. The van der Waals surface area contributed by atoms with E-state index in [1.807, 2.05) is 0 Å². The molecule has 1 saturated heterocycles. The first-order chi connectivity index (χ1) is 16.5. The van der Waals surface area contributed by atoms with Crippen molar-refractivity contribution in [1.29, 1.82) is 0 Å². The fourth-order valence-electron chi connectivity index (χ4n) is 6.13. The summed E-state index contributed by atoms with van der Waals surface area (Å²) in [6, 6.07) is 3.37. The number of fused-ring (bicyclic) bond motifs is 3. The van der Waals surface area contributed by atoms with Crippen LogP contribution in [0.1, 0.15) is 41.6 Å². The van der Waals surface area contributed by atoms with Gasteiger partial charge in [-0.15, -0.1) is 0 Å². The van der Waals surface area contributed by atoms with E-state index in [1.54, 1.807) is 6.07 Å². The van der Waals surface area contributed by atoms with Crippen LogP contribution in [0.15, 0.2) is 34.8 Å². The Morgan fingerprint density at radius 2 is 1.83 bits per heavy atom. The zero-order valence-corrected chi connectivity index (χ0v) is 19.4. The number of nitrogens with zero attached hydrogens (tertiary/aromatic N) is 1. The van der Waals surface area contributed by atoms with Crippen LogP contribution in [0.5, 0.6) is 5.75 Å². The van der Waals surface area contributed by atoms with Gasteiger partial charge < -0.3 is 36.4 Å². The number of rotatable bonds is 3. The number of allylic oxidation sites excluding steroid dienone is 2. The summed E-state index contributed by atoms with van der Waals surface area (Å²) in [5.74, 6) is -6.21. The Balaban J connectivity index is 1.56. The second-order valence-electron chi connectivity index (χ2n) is 10.1. The Morgan fingerprint density at radius 1 is 1.14 bits per heavy atom. The topological polar surface area (TPSA) is 173 Å². The molecule has 1 heterocycles. The summed E-state index contributed by atoms with van der Waals surface area (Å²) in [6.07, 6.45) is 2.03. The quantitative estimate of drug-likeness (QED) is 0.272. The van der Waals surface area contributed by atoms with Gasteiger partial charge in [-0.25, -0.2) is 0 Å². The summed E-state index contributed by atoms with van der Waals surface area (Å²) in [7, 11) is 2.07. The van der Waals surface area contributed by atoms with Gasteiger partial charge in [-0.1, -0.05) is 0 Å². The number of anilines is 1. The summed E-state index contributed by atoms with van der Waals surface area (Å²) in [5.41, 5.74) is 3.14. The van der Waals surface area contributed by atoms with E-state index in [-0.39, 0.29) is 42.2 Å². The summed E-state index contributed by atoms with van der Waals surface area (Å²) in [4.78, 5) is 40.6. The number of phenolic OH excluding ortho intramolecular Hbond substituents is 1. The van der Waals surface area contributed by atoms with Gasteiger partial charge in [0.15, 0.2) is 11.4 Å². The van der Waals surface area contributed by atoms with Crippen LogP contribution < -0.4 is 11.1 Å². The summed E-state index contributed by atoms with van der Waals surface area (Å²) in [5, 5.41) is 46.7. The Labute approximate surface area is 201 Å². The molecule has 1 aliphatic heterocycles. The number of hydrogen-bond donors (Lipinski definition) is 6. The third-order valence-corrected chi connectivity index (χ3v) is 8.02. The molecule has 0 radical (unpaired) electrons. The predicted molar refractivity (Wildman–Crippen MR) is 125 cm³/mol. The lowest BCUT2D eigenvalue weighted by molar-refractivity contribution is -0.144. The van der Waals surface area contributed by atoms with Crippen molar-refractivity contribution < 1.29 is 34.8 Å². The van der Waals surface area contributed by atoms with E-state index >= 15 is 0 Å². The number of nitrogens with one attached hydrogen (secondary N) is 1. The molecule has 4 aliphatic rings. The fourth-order valence-corrected chi connectivity index (χ4v) is 6.13. The molecule has 10 nitrogen and oxygen atoms in total. The largest absolute Gasteiger partial charge is 0.511 e. The molecule has 3 atom stereocenters. The van der Waals surface area contributed by atoms with Crippen LogP contribution in [0, 0.1) is 11.8 Å². The maximum absolute atomic E-state index is 13.6. The van der Waals surface area contributed by atoms with Gasteiger partial charge in [-0.2, -0.15) is 0 Å². The van der Waals surface area contributed by atoms with Crippen molar-refractivity contribution in [3.63, 3.8) is 0 Å². The van der Waals surface area contributed by atoms with Gasteiger partial charge in [0, 0.05) is 29.6 Å². The number of amides is 1. The minimum Gasteiger partial charge on any atom is -0.511 e. The number of Topliss-reactive ketones (excluding diaryl/α,β-unsaturated/α-hetero) is 2. The molecule has 1 aromatic rings. The van der Waals surface area contributed by atoms with E-state index in [2.05, 4.69) is 17.3 Å². The smallest absolute Gasteiger partial charge is 0.255 e. The third kappa shape index (κ3) is 3.42. The Morgan fingerprint density at radius 3 is 2.49 bits per heavy atom. The average molecular weight is 484 g/mol. The number of phenols is 1. The molecule has 0 aromatic heterocycles. The number of piperidine rings is 1. The Kier molecular flexibility index (Phi) is 5.41. The highest BCUT2D eigenvalue weighted by molar-refractivity contribution is 6.24. The monoisotopic (exact) mass is 483 g/mol. The molecular weight excluding hydrogens is 454 g/mol. The van der Waals surface area contributed by atoms with Crippen LogP contribution >= 0.6 is 0 Å². The van der Waals surface area contributed by atoms with Gasteiger partial charge >= 0.3 is 0 Å². The lowest BCUT2D eigenvalue weighted by Gasteiger charge is -2.45. The number of carbonyl (C=O) groups excluding carboxylic acids is 3. The van der Waals surface area contributed by atoms with Crippen molar-refractivity contribution in [2.75, 3.05) is 25.5 Å². The van der Waals surface area contributed by atoms with Crippen molar-refractivity contribution in [2.24, 2.45) is 17.6 Å². The van der Waals surface area contributed by atoms with E-state index in [1.165, 1.54) is 6.07 Å². The molecule has 0 unspecified atom stereocenters. The minimum absolute atomic E-state index is 0.0274. The Bertz CT molecular complexity index is 1210. The number of likely N-dealkylation sites (tertiary alicyclic amines) is 1. The molecule has 0 spiro atoms. The molecule has 3 aliphatic carbocycles. The highest BCUT2D eigenvalue weighted by Gasteiger charge is 2.59. The van der Waals surface area contributed by atoms with Crippen LogP contribution in [-0.4, -0.2) is 74.6 Å². The van der Waals surface area contributed by atoms with E-state index in [0.29, 0.717) is 5.56 Å². The molecule has 10 heteroatoms. The zero-order valence-electron chi connectivity index (χ0n) is 19.4. The van der Waals surface area contributed by atoms with Crippen molar-refractivity contribution in [3.05, 3.63) is 45.9 Å². The van der Waals surface area contributed by atoms with Gasteiger partial charge in [0.2, 0.25) is 5.78 Å². The molecule has 186 valence electrons. The van der Waals surface area contributed by atoms with Crippen LogP contribution in [0.25, 0.3) is 0 Å². The van der Waals surface area contributed by atoms with Crippen molar-refractivity contribution in [3.8, 4) is 5.75 Å². The SMILES string of the molecule is CN1CCC(Nc2ccc(O)c3c2C[C@H]2C[C@H]4CC(O)=C(C(N)=O)C(=O)[C@@]4(O)C(O)=C2C3=O)CC1. The van der Waals surface area contributed by atoms with Crippen LogP contribution in [0.2, 0.25) is 0 Å². The number of hydrogen-bond acceptors (Lipinski definition) is 9. The van der Waals surface area contributed by atoms with Crippen molar-refractivity contribution in [1.82, 2.24) is 4.90 Å². The molecule has 7 N–H and O–H groups in total. The van der Waals surface area contributed by atoms with E-state index in [9.17, 15) is 34.8 Å². The van der Waals surface area contributed by atoms with Crippen molar-refractivity contribution >= 4 is 23.2 Å². The molecule has 5 rings (SSSR count). The highest BCUT2D eigenvalue weighted by Crippen LogP contribution is 2.52. The van der Waals surface area contributed by atoms with Crippen LogP contribution in [0.4, 0.5) is 5.69 Å². The van der Waals surface area contributed by atoms with Crippen LogP contribution in [-0.2, 0) is 16.0 Å². The summed E-state index contributed by atoms with van der Waals surface area (Å²) in [6.45, 7) is 1.89. The number of primary amides is 1. The number of nitrogens with two attached hydrogens (primary N) is 1. The van der Waals surface area contributed by atoms with Gasteiger partial charge in [0.25, 0.3) is 5.91 Å². The first-order valence-electron chi connectivity index (χ1n) is 11.8. The maximum atomic E-state index is 13.6. The average Bonchev–Trinajstić information content (AvgIpc) is 2.79. The third-order valence-electron chi connectivity index (χ3n) is 8.02. The minimum atomic E-state index is -2.55. The number of aliphatic hydroxyl groups excluding tert-OH is 2. The van der Waals surface area contributed by atoms with E-state index in [0.717, 1.165) is 31.6 Å². The number of aromatic hydroxyl groups is 1. The van der Waals surface area contributed by atoms with Gasteiger partial charge in [-0.05, 0) is 69.4 Å². The fraction of sp³-hybridized carbons (Fsp3) is 0.480. The maximum Gasteiger partial charge on any atom is 0.255 e. The molecule has 0 bridgehead atoms. The van der Waals surface area contributed by atoms with Crippen LogP contribution in [0.3, 0.4) is 0 Å². The van der Waals surface area contributed by atoms with Gasteiger partial charge in [-0.3, -0.25) is 14.4 Å². The van der Waals surface area contributed by atoms with E-state index in [4.69, 9.17) is 5.73 Å². The van der Waals surface area contributed by atoms with Gasteiger partial charge in [0.1, 0.15) is 22.8 Å². The lowest BCUT2D eigenvalue weighted by Crippen LogP contribution is -2.57. The summed E-state index contributed by atoms with van der Waals surface area (Å²) >= 11 is 0. The number of aliphatic hydroxyl groups is 3. The van der Waals surface area contributed by atoms with Gasteiger partial charge in [0.05, 0.1) is 5.56 Å². The highest BCUT2D eigenvalue weighted by atomic mass is 16.3. The number of benzene rings is 1. The number of ketones is 2. The zero-order chi connectivity index (χ0) is 25.2. The number of carbonyl (C=O) groups is 3. The lowest BCUT2D eigenvalue weighted by atomic mass is 9.60. The normalized spacial score (nSPS) is 29.5. The second-order valence-corrected chi connectivity index (χ2v) is 10.1. The molecule has 0 saturated carbocycles. The standard InChI is InChI=1S/C25H29N3O7/c1-28-6-4-13(5-7-28)27-15-2-3-16(29)19-14(15)9-11-8-12-10-17(30)20(24(26)34)23(33)25(12,35)22(32)18(11)21(19)31/h2-3,11-13,27,29-30,32,35H,4-10H2,1H3,(H2,26,34)/t11-,12+,25+/m1/s1. The molecule has 1 amide bonds. The van der Waals surface area contributed by atoms with Crippen molar-refractivity contribution in [2.45, 2.75) is 43.7 Å². The Hall–Kier alpha value is -3.37. The van der Waals surface area contributed by atoms with E-state index < -0.39 is 52.0 Å². The second kappa shape index (κ2) is 8.10. The first kappa shape index (κ1) is 23.4. The molecular formula is C25H29N3O7. The molecule has 35 heavy (non-hydrogen) atoms.